The standard InChI is InChI=1S/C31H28ClF4N3O4/c1-41-30(40)19-3-5-26-27(11-19)39(15-23-7-9-42-23)29(37-26)16-38-8-6-18-10-24(31(34,35)36)28(12-21(18)14-38)43-17-20-2-4-22(32)13-25(20)33/h2-5,10-13,23H,6-9,14-17H2,1H3/t23-/m0/s1. The number of esters is 1. The molecular formula is C31H28ClF4N3O4. The van der Waals surface area contributed by atoms with Crippen LogP contribution in [0.5, 0.6) is 5.75 Å². The first kappa shape index (κ1) is 29.4. The van der Waals surface area contributed by atoms with Gasteiger partial charge in [0.05, 0.1) is 48.5 Å². The van der Waals surface area contributed by atoms with Crippen LogP contribution >= 0.6 is 11.6 Å². The van der Waals surface area contributed by atoms with E-state index in [0.29, 0.717) is 55.9 Å². The quantitative estimate of drug-likeness (QED) is 0.165. The first-order chi connectivity index (χ1) is 20.6. The Hall–Kier alpha value is -3.67. The molecule has 2 aliphatic rings. The molecule has 0 aliphatic carbocycles. The molecular weight excluding hydrogens is 590 g/mol. The summed E-state index contributed by atoms with van der Waals surface area (Å²) >= 11 is 5.80. The molecule has 1 atom stereocenters. The molecule has 226 valence electrons. The number of imidazole rings is 1. The number of hydrogen-bond acceptors (Lipinski definition) is 6. The molecule has 1 fully saturated rings. The van der Waals surface area contributed by atoms with Crippen LogP contribution in [-0.4, -0.2) is 46.8 Å². The Morgan fingerprint density at radius 1 is 1.14 bits per heavy atom. The Balaban J connectivity index is 1.27. The van der Waals surface area contributed by atoms with E-state index in [-0.39, 0.29) is 29.0 Å². The molecule has 1 aromatic heterocycles. The van der Waals surface area contributed by atoms with Crippen molar-refractivity contribution >= 4 is 28.6 Å². The molecule has 4 aromatic rings. The molecule has 0 unspecified atom stereocenters. The SMILES string of the molecule is COC(=O)c1ccc2nc(CN3CCc4cc(C(F)(F)F)c(OCc5ccc(Cl)cc5F)cc4C3)n(C[C@@H]3CCO3)c2c1. The average molecular weight is 618 g/mol. The Bertz CT molecular complexity index is 1690. The monoisotopic (exact) mass is 617 g/mol. The highest BCUT2D eigenvalue weighted by Gasteiger charge is 2.36. The van der Waals surface area contributed by atoms with E-state index >= 15 is 0 Å². The normalized spacial score (nSPS) is 17.0. The molecule has 0 bridgehead atoms. The van der Waals surface area contributed by atoms with Crippen molar-refractivity contribution in [3.8, 4) is 5.75 Å². The number of alkyl halides is 3. The zero-order chi connectivity index (χ0) is 30.3. The third-order valence-corrected chi connectivity index (χ3v) is 8.12. The summed E-state index contributed by atoms with van der Waals surface area (Å²) in [5, 5.41) is 0.184. The molecule has 0 amide bonds. The van der Waals surface area contributed by atoms with Crippen LogP contribution in [0.2, 0.25) is 5.02 Å². The lowest BCUT2D eigenvalue weighted by atomic mass is 9.96. The van der Waals surface area contributed by atoms with E-state index in [1.807, 2.05) is 4.57 Å². The third kappa shape index (κ3) is 6.20. The predicted octanol–water partition coefficient (Wildman–Crippen LogP) is 6.56. The second kappa shape index (κ2) is 11.8. The largest absolute Gasteiger partial charge is 0.488 e. The lowest BCUT2D eigenvalue weighted by Gasteiger charge is -2.31. The predicted molar refractivity (Wildman–Crippen MR) is 150 cm³/mol. The van der Waals surface area contributed by atoms with Crippen molar-refractivity contribution in [2.75, 3.05) is 20.3 Å². The Morgan fingerprint density at radius 2 is 1.95 bits per heavy atom. The first-order valence-corrected chi connectivity index (χ1v) is 14.2. The average Bonchev–Trinajstić information content (AvgIpc) is 3.28. The molecule has 3 heterocycles. The van der Waals surface area contributed by atoms with Gasteiger partial charge in [-0.3, -0.25) is 4.90 Å². The van der Waals surface area contributed by atoms with Crippen molar-refractivity contribution in [2.24, 2.45) is 0 Å². The number of carbonyl (C=O) groups is 1. The highest BCUT2D eigenvalue weighted by Crippen LogP contribution is 2.40. The number of aromatic nitrogens is 2. The second-order valence-electron chi connectivity index (χ2n) is 10.7. The van der Waals surface area contributed by atoms with Crippen LogP contribution in [0.3, 0.4) is 0 Å². The summed E-state index contributed by atoms with van der Waals surface area (Å²) < 4.78 is 74.4. The molecule has 12 heteroatoms. The summed E-state index contributed by atoms with van der Waals surface area (Å²) in [7, 11) is 1.33. The van der Waals surface area contributed by atoms with Gasteiger partial charge in [-0.15, -0.1) is 0 Å². The van der Waals surface area contributed by atoms with Gasteiger partial charge in [0.1, 0.15) is 24.0 Å². The Morgan fingerprint density at radius 3 is 2.65 bits per heavy atom. The van der Waals surface area contributed by atoms with E-state index in [1.165, 1.54) is 25.3 Å². The van der Waals surface area contributed by atoms with Gasteiger partial charge in [-0.2, -0.15) is 13.2 Å². The smallest absolute Gasteiger partial charge is 0.419 e. The summed E-state index contributed by atoms with van der Waals surface area (Å²) in [6, 6.07) is 11.7. The van der Waals surface area contributed by atoms with E-state index in [0.717, 1.165) is 35.4 Å². The van der Waals surface area contributed by atoms with Gasteiger partial charge in [0.25, 0.3) is 0 Å². The minimum absolute atomic E-state index is 0.0333. The van der Waals surface area contributed by atoms with Crippen LogP contribution in [0.25, 0.3) is 11.0 Å². The van der Waals surface area contributed by atoms with E-state index < -0.39 is 23.5 Å². The number of nitrogens with zero attached hydrogens (tertiary/aromatic N) is 3. The zero-order valence-electron chi connectivity index (χ0n) is 23.2. The number of hydrogen-bond donors (Lipinski definition) is 0. The Labute approximate surface area is 249 Å². The first-order valence-electron chi connectivity index (χ1n) is 13.8. The van der Waals surface area contributed by atoms with E-state index in [1.54, 1.807) is 18.2 Å². The third-order valence-electron chi connectivity index (χ3n) is 7.89. The zero-order valence-corrected chi connectivity index (χ0v) is 24.0. The van der Waals surface area contributed by atoms with Crippen LogP contribution in [0, 0.1) is 5.82 Å². The fraction of sp³-hybridized carbons (Fsp3) is 0.355. The van der Waals surface area contributed by atoms with Gasteiger partial charge in [0, 0.05) is 30.3 Å². The number of fused-ring (bicyclic) bond motifs is 2. The van der Waals surface area contributed by atoms with Crippen LogP contribution in [0.1, 0.15) is 44.9 Å². The van der Waals surface area contributed by atoms with Crippen LogP contribution in [0.15, 0.2) is 48.5 Å². The minimum atomic E-state index is -4.64. The van der Waals surface area contributed by atoms with Gasteiger partial charge >= 0.3 is 12.1 Å². The number of benzene rings is 3. The fourth-order valence-corrected chi connectivity index (χ4v) is 5.65. The molecule has 0 radical (unpaired) electrons. The van der Waals surface area contributed by atoms with E-state index in [4.69, 9.17) is 30.8 Å². The van der Waals surface area contributed by atoms with Crippen molar-refractivity contribution in [1.29, 1.82) is 0 Å². The number of rotatable bonds is 8. The lowest BCUT2D eigenvalue weighted by Crippen LogP contribution is -2.34. The summed E-state index contributed by atoms with van der Waals surface area (Å²) in [5.74, 6) is -0.692. The molecule has 0 spiro atoms. The molecule has 0 N–H and O–H groups in total. The van der Waals surface area contributed by atoms with Crippen molar-refractivity contribution in [3.05, 3.63) is 93.0 Å². The summed E-state index contributed by atoms with van der Waals surface area (Å²) in [4.78, 5) is 19.1. The lowest BCUT2D eigenvalue weighted by molar-refractivity contribution is -0.139. The molecule has 3 aromatic carbocycles. The topological polar surface area (TPSA) is 65.8 Å². The molecule has 0 saturated carbocycles. The van der Waals surface area contributed by atoms with Crippen LogP contribution < -0.4 is 4.74 Å². The van der Waals surface area contributed by atoms with Gasteiger partial charge < -0.3 is 18.8 Å². The van der Waals surface area contributed by atoms with Crippen molar-refractivity contribution < 1.29 is 36.6 Å². The van der Waals surface area contributed by atoms with E-state index in [2.05, 4.69) is 4.90 Å². The van der Waals surface area contributed by atoms with Crippen LogP contribution in [-0.2, 0) is 48.3 Å². The van der Waals surface area contributed by atoms with Crippen LogP contribution in [0.4, 0.5) is 17.6 Å². The second-order valence-corrected chi connectivity index (χ2v) is 11.2. The van der Waals surface area contributed by atoms with Gasteiger partial charge in [0.15, 0.2) is 0 Å². The van der Waals surface area contributed by atoms with E-state index in [9.17, 15) is 22.4 Å². The summed E-state index contributed by atoms with van der Waals surface area (Å²) in [6.45, 7) is 2.21. The van der Waals surface area contributed by atoms with Crippen molar-refractivity contribution in [2.45, 2.75) is 51.4 Å². The number of carbonyl (C=O) groups excluding carboxylic acids is 1. The van der Waals surface area contributed by atoms with Gasteiger partial charge in [-0.1, -0.05) is 17.7 Å². The van der Waals surface area contributed by atoms with Gasteiger partial charge in [-0.05, 0) is 66.4 Å². The van der Waals surface area contributed by atoms with Crippen molar-refractivity contribution in [3.63, 3.8) is 0 Å². The molecule has 43 heavy (non-hydrogen) atoms. The summed E-state index contributed by atoms with van der Waals surface area (Å²) in [6.07, 6.45) is -3.29. The highest BCUT2D eigenvalue weighted by molar-refractivity contribution is 6.30. The maximum Gasteiger partial charge on any atom is 0.419 e. The molecule has 2 aliphatic heterocycles. The minimum Gasteiger partial charge on any atom is -0.488 e. The van der Waals surface area contributed by atoms with Gasteiger partial charge in [-0.25, -0.2) is 14.2 Å². The van der Waals surface area contributed by atoms with Gasteiger partial charge in [0.2, 0.25) is 0 Å². The maximum atomic E-state index is 14.3. The molecule has 1 saturated heterocycles. The number of methoxy groups -OCH3 is 1. The molecule has 6 rings (SSSR count). The molecule has 7 nitrogen and oxygen atoms in total. The summed E-state index contributed by atoms with van der Waals surface area (Å²) in [5.41, 5.74) is 2.41. The van der Waals surface area contributed by atoms with Crippen molar-refractivity contribution in [1.82, 2.24) is 14.5 Å². The highest BCUT2D eigenvalue weighted by atomic mass is 35.5. The fourth-order valence-electron chi connectivity index (χ4n) is 5.49. The maximum absolute atomic E-state index is 14.3. The Kier molecular flexibility index (Phi) is 8.06. The number of ether oxygens (including phenoxy) is 3. The number of halogens is 5.